The van der Waals surface area contributed by atoms with Crippen LogP contribution in [0.25, 0.3) is 10.9 Å². The van der Waals surface area contributed by atoms with Crippen LogP contribution in [0, 0.1) is 0 Å². The fourth-order valence-electron chi connectivity index (χ4n) is 4.14. The van der Waals surface area contributed by atoms with E-state index in [0.29, 0.717) is 11.1 Å². The Bertz CT molecular complexity index is 947. The number of carbonyl (C=O) groups is 1. The summed E-state index contributed by atoms with van der Waals surface area (Å²) in [6.45, 7) is 0. The van der Waals surface area contributed by atoms with Crippen molar-refractivity contribution in [3.63, 3.8) is 0 Å². The van der Waals surface area contributed by atoms with Gasteiger partial charge in [0.25, 0.3) is 5.91 Å². The van der Waals surface area contributed by atoms with E-state index in [-0.39, 0.29) is 17.2 Å². The number of hydrogen-bond acceptors (Lipinski definition) is 3. The first kappa shape index (κ1) is 17.5. The summed E-state index contributed by atoms with van der Waals surface area (Å²) in [4.78, 5) is 17.3. The third kappa shape index (κ3) is 3.80. The summed E-state index contributed by atoms with van der Waals surface area (Å²) in [6, 6.07) is 17.4. The first-order chi connectivity index (χ1) is 13.2. The Hall–Kier alpha value is -2.88. The van der Waals surface area contributed by atoms with E-state index in [4.69, 9.17) is 0 Å². The Morgan fingerprint density at radius 3 is 2.59 bits per heavy atom. The average molecular weight is 360 g/mol. The summed E-state index contributed by atoms with van der Waals surface area (Å²) in [5.41, 5.74) is 2.10. The molecule has 3 aromatic rings. The second-order valence-corrected chi connectivity index (χ2v) is 7.53. The van der Waals surface area contributed by atoms with Gasteiger partial charge in [0.2, 0.25) is 0 Å². The molecule has 0 spiro atoms. The third-order valence-corrected chi connectivity index (χ3v) is 5.53. The smallest absolute Gasteiger partial charge is 0.253 e. The van der Waals surface area contributed by atoms with Crippen molar-refractivity contribution < 1.29 is 9.90 Å². The molecule has 4 rings (SSSR count). The first-order valence-electron chi connectivity index (χ1n) is 9.59. The Kier molecular flexibility index (Phi) is 4.80. The van der Waals surface area contributed by atoms with E-state index in [0.717, 1.165) is 37.5 Å². The zero-order chi connectivity index (χ0) is 18.7. The van der Waals surface area contributed by atoms with Gasteiger partial charge in [-0.05, 0) is 37.0 Å². The molecule has 0 saturated heterocycles. The van der Waals surface area contributed by atoms with Crippen LogP contribution in [-0.2, 0) is 6.42 Å². The Balaban J connectivity index is 1.60. The number of aromatic hydroxyl groups is 1. The molecule has 0 bridgehead atoms. The predicted octanol–water partition coefficient (Wildman–Crippen LogP) is 4.62. The number of nitrogens with one attached hydrogen (secondary N) is 1. The molecule has 0 unspecified atom stereocenters. The number of rotatable bonds is 4. The van der Waals surface area contributed by atoms with Crippen molar-refractivity contribution in [3.05, 3.63) is 71.9 Å². The maximum atomic E-state index is 13.0. The van der Waals surface area contributed by atoms with Crippen molar-refractivity contribution in [2.75, 3.05) is 0 Å². The van der Waals surface area contributed by atoms with Gasteiger partial charge < -0.3 is 10.4 Å². The van der Waals surface area contributed by atoms with Crippen LogP contribution < -0.4 is 5.32 Å². The van der Waals surface area contributed by atoms with Gasteiger partial charge in [0.05, 0.1) is 5.56 Å². The predicted molar refractivity (Wildman–Crippen MR) is 107 cm³/mol. The molecule has 0 radical (unpaired) electrons. The zero-order valence-corrected chi connectivity index (χ0v) is 15.3. The molecule has 1 aromatic heterocycles. The molecule has 27 heavy (non-hydrogen) atoms. The zero-order valence-electron chi connectivity index (χ0n) is 15.3. The molecule has 138 valence electrons. The fraction of sp³-hybridized carbons (Fsp3) is 0.304. The molecule has 2 aromatic carbocycles. The largest absolute Gasteiger partial charge is 0.506 e. The van der Waals surface area contributed by atoms with Crippen LogP contribution in [0.2, 0.25) is 0 Å². The van der Waals surface area contributed by atoms with Crippen LogP contribution in [-0.4, -0.2) is 21.5 Å². The summed E-state index contributed by atoms with van der Waals surface area (Å²) in [5, 5.41) is 14.0. The average Bonchev–Trinajstić information content (AvgIpc) is 2.69. The van der Waals surface area contributed by atoms with E-state index in [1.807, 2.05) is 24.3 Å². The van der Waals surface area contributed by atoms with E-state index in [9.17, 15) is 9.90 Å². The molecule has 2 N–H and O–H groups in total. The number of phenols is 1. The van der Waals surface area contributed by atoms with E-state index in [1.54, 1.807) is 24.4 Å². The maximum Gasteiger partial charge on any atom is 0.253 e. The number of hydrogen-bond donors (Lipinski definition) is 2. The molecule has 1 heterocycles. The van der Waals surface area contributed by atoms with Crippen molar-refractivity contribution >= 4 is 16.8 Å². The number of para-hydroxylation sites is 1. The molecule has 4 heteroatoms. The quantitative estimate of drug-likeness (QED) is 0.714. The van der Waals surface area contributed by atoms with E-state index in [1.165, 1.54) is 12.0 Å². The number of phenolic OH excluding ortho intramolecular Hbond substituents is 1. The van der Waals surface area contributed by atoms with Crippen molar-refractivity contribution in [1.82, 2.24) is 10.3 Å². The van der Waals surface area contributed by atoms with Gasteiger partial charge in [-0.2, -0.15) is 0 Å². The minimum atomic E-state index is -0.204. The van der Waals surface area contributed by atoms with Crippen LogP contribution in [0.15, 0.2) is 60.8 Å². The van der Waals surface area contributed by atoms with Crippen molar-refractivity contribution in [1.29, 1.82) is 0 Å². The lowest BCUT2D eigenvalue weighted by Crippen LogP contribution is -2.51. The normalized spacial score (nSPS) is 16.1. The number of benzene rings is 2. The molecule has 4 nitrogen and oxygen atoms in total. The maximum absolute atomic E-state index is 13.0. The monoisotopic (exact) mass is 360 g/mol. The van der Waals surface area contributed by atoms with Gasteiger partial charge in [-0.3, -0.25) is 9.78 Å². The minimum Gasteiger partial charge on any atom is -0.506 e. The number of fused-ring (bicyclic) bond motifs is 1. The first-order valence-corrected chi connectivity index (χ1v) is 9.59. The minimum absolute atomic E-state index is 0.0921. The highest BCUT2D eigenvalue weighted by molar-refractivity contribution is 5.98. The van der Waals surface area contributed by atoms with Gasteiger partial charge >= 0.3 is 0 Å². The van der Waals surface area contributed by atoms with Crippen LogP contribution in [0.1, 0.15) is 48.0 Å². The van der Waals surface area contributed by atoms with E-state index >= 15 is 0 Å². The highest BCUT2D eigenvalue weighted by atomic mass is 16.3. The molecular formula is C23H24N2O2. The van der Waals surface area contributed by atoms with Crippen LogP contribution in [0.3, 0.4) is 0 Å². The van der Waals surface area contributed by atoms with Gasteiger partial charge in [0, 0.05) is 17.1 Å². The number of amides is 1. The van der Waals surface area contributed by atoms with Gasteiger partial charge in [-0.1, -0.05) is 61.7 Å². The van der Waals surface area contributed by atoms with Crippen molar-refractivity contribution in [3.8, 4) is 5.75 Å². The molecule has 1 aliphatic carbocycles. The molecule has 1 amide bonds. The summed E-state index contributed by atoms with van der Waals surface area (Å²) >= 11 is 0. The van der Waals surface area contributed by atoms with Crippen molar-refractivity contribution in [2.45, 2.75) is 44.1 Å². The van der Waals surface area contributed by atoms with Crippen LogP contribution in [0.5, 0.6) is 5.75 Å². The summed E-state index contributed by atoms with van der Waals surface area (Å²) in [5.74, 6) is 0.0397. The van der Waals surface area contributed by atoms with E-state index in [2.05, 4.69) is 22.4 Å². The lowest BCUT2D eigenvalue weighted by molar-refractivity contribution is 0.0868. The second kappa shape index (κ2) is 7.39. The van der Waals surface area contributed by atoms with Crippen LogP contribution in [0.4, 0.5) is 0 Å². The van der Waals surface area contributed by atoms with Gasteiger partial charge in [0.15, 0.2) is 0 Å². The molecule has 0 aliphatic heterocycles. The lowest BCUT2D eigenvalue weighted by atomic mass is 9.77. The second-order valence-electron chi connectivity index (χ2n) is 7.53. The third-order valence-electron chi connectivity index (χ3n) is 5.53. The molecule has 1 aliphatic rings. The van der Waals surface area contributed by atoms with Gasteiger partial charge in [-0.25, -0.2) is 0 Å². The number of aromatic nitrogens is 1. The van der Waals surface area contributed by atoms with Crippen LogP contribution >= 0.6 is 0 Å². The Morgan fingerprint density at radius 2 is 1.81 bits per heavy atom. The fourth-order valence-corrected chi connectivity index (χ4v) is 4.14. The highest BCUT2D eigenvalue weighted by Crippen LogP contribution is 2.32. The molecular weight excluding hydrogens is 336 g/mol. The number of pyridine rings is 1. The standard InChI is InChI=1S/C23H24N2O2/c26-20-11-7-10-18-14-19(16-24-21(18)20)22(27)25-23(12-5-2-6-13-23)15-17-8-3-1-4-9-17/h1,3-4,7-11,14,16,26H,2,5-6,12-13,15H2,(H,25,27). The SMILES string of the molecule is O=C(NC1(Cc2ccccc2)CCCCC1)c1cnc2c(O)cccc2c1. The lowest BCUT2D eigenvalue weighted by Gasteiger charge is -2.38. The van der Waals surface area contributed by atoms with Crippen molar-refractivity contribution in [2.24, 2.45) is 0 Å². The summed E-state index contributed by atoms with van der Waals surface area (Å²) < 4.78 is 0. The topological polar surface area (TPSA) is 62.2 Å². The summed E-state index contributed by atoms with van der Waals surface area (Å²) in [7, 11) is 0. The number of carbonyl (C=O) groups excluding carboxylic acids is 1. The van der Waals surface area contributed by atoms with Gasteiger partial charge in [0.1, 0.15) is 11.3 Å². The molecule has 1 saturated carbocycles. The Morgan fingerprint density at radius 1 is 1.04 bits per heavy atom. The molecule has 1 fully saturated rings. The summed E-state index contributed by atoms with van der Waals surface area (Å²) in [6.07, 6.45) is 7.89. The van der Waals surface area contributed by atoms with Gasteiger partial charge in [-0.15, -0.1) is 0 Å². The Labute approximate surface area is 159 Å². The molecule has 0 atom stereocenters. The van der Waals surface area contributed by atoms with E-state index < -0.39 is 0 Å². The highest BCUT2D eigenvalue weighted by Gasteiger charge is 2.34. The number of nitrogens with zero attached hydrogens (tertiary/aromatic N) is 1.